The van der Waals surface area contributed by atoms with E-state index in [2.05, 4.69) is 19.4 Å². The average Bonchev–Trinajstić information content (AvgIpc) is 2.01. The summed E-state index contributed by atoms with van der Waals surface area (Å²) in [4.78, 5) is 0. The Balaban J connectivity index is 2.12. The van der Waals surface area contributed by atoms with E-state index in [4.69, 9.17) is 5.73 Å². The van der Waals surface area contributed by atoms with Gasteiger partial charge in [0.05, 0.1) is 0 Å². The quantitative estimate of drug-likeness (QED) is 0.583. The SMILES string of the molecule is NCCNC1CCCN(P)C1. The number of piperidine rings is 1. The van der Waals surface area contributed by atoms with Crippen LogP contribution in [0.3, 0.4) is 0 Å². The summed E-state index contributed by atoms with van der Waals surface area (Å²) in [6.45, 7) is 4.05. The topological polar surface area (TPSA) is 41.3 Å². The zero-order chi connectivity index (χ0) is 8.10. The maximum Gasteiger partial charge on any atom is 0.0199 e. The number of nitrogens with two attached hydrogens (primary N) is 1. The van der Waals surface area contributed by atoms with Crippen molar-refractivity contribution in [2.75, 3.05) is 26.2 Å². The van der Waals surface area contributed by atoms with Gasteiger partial charge in [0, 0.05) is 32.2 Å². The van der Waals surface area contributed by atoms with Crippen molar-refractivity contribution in [2.45, 2.75) is 18.9 Å². The zero-order valence-electron chi connectivity index (χ0n) is 6.92. The van der Waals surface area contributed by atoms with E-state index in [1.807, 2.05) is 0 Å². The van der Waals surface area contributed by atoms with Gasteiger partial charge in [0.25, 0.3) is 0 Å². The normalized spacial score (nSPS) is 27.3. The van der Waals surface area contributed by atoms with Crippen LogP contribution in [0, 0.1) is 0 Å². The molecule has 0 aromatic heterocycles. The Morgan fingerprint density at radius 2 is 2.45 bits per heavy atom. The van der Waals surface area contributed by atoms with Gasteiger partial charge in [-0.3, -0.25) is 4.67 Å². The van der Waals surface area contributed by atoms with Crippen LogP contribution in [0.25, 0.3) is 0 Å². The summed E-state index contributed by atoms with van der Waals surface area (Å²) in [6, 6.07) is 0.657. The van der Waals surface area contributed by atoms with Crippen LogP contribution >= 0.6 is 9.39 Å². The molecule has 1 aliphatic heterocycles. The van der Waals surface area contributed by atoms with E-state index < -0.39 is 0 Å². The van der Waals surface area contributed by atoms with Gasteiger partial charge in [0.2, 0.25) is 0 Å². The molecule has 3 nitrogen and oxygen atoms in total. The largest absolute Gasteiger partial charge is 0.329 e. The Morgan fingerprint density at radius 3 is 3.09 bits per heavy atom. The Kier molecular flexibility index (Phi) is 4.31. The van der Waals surface area contributed by atoms with E-state index in [1.54, 1.807) is 0 Å². The molecule has 1 fully saturated rings. The summed E-state index contributed by atoms with van der Waals surface area (Å²) in [7, 11) is 2.76. The first kappa shape index (κ1) is 9.40. The van der Waals surface area contributed by atoms with E-state index in [9.17, 15) is 0 Å². The molecular formula is C7H18N3P. The summed E-state index contributed by atoms with van der Waals surface area (Å²) in [5, 5.41) is 3.42. The highest BCUT2D eigenvalue weighted by atomic mass is 31.0. The van der Waals surface area contributed by atoms with Crippen LogP contribution in [0.15, 0.2) is 0 Å². The maximum absolute atomic E-state index is 5.40. The molecule has 0 radical (unpaired) electrons. The number of rotatable bonds is 3. The third-order valence-corrected chi connectivity index (χ3v) is 2.50. The Bertz CT molecular complexity index is 110. The first-order valence-electron chi connectivity index (χ1n) is 4.26. The van der Waals surface area contributed by atoms with Gasteiger partial charge in [-0.15, -0.1) is 0 Å². The number of nitrogens with one attached hydrogen (secondary N) is 1. The molecule has 0 aliphatic carbocycles. The van der Waals surface area contributed by atoms with Crippen molar-refractivity contribution in [1.29, 1.82) is 0 Å². The maximum atomic E-state index is 5.40. The molecule has 0 aromatic carbocycles. The highest BCUT2D eigenvalue weighted by molar-refractivity contribution is 7.13. The summed E-state index contributed by atoms with van der Waals surface area (Å²) in [5.41, 5.74) is 5.40. The number of hydrogen-bond acceptors (Lipinski definition) is 3. The van der Waals surface area contributed by atoms with Crippen molar-refractivity contribution in [2.24, 2.45) is 5.73 Å². The molecule has 3 N–H and O–H groups in total. The highest BCUT2D eigenvalue weighted by Crippen LogP contribution is 2.12. The van der Waals surface area contributed by atoms with Crippen LogP contribution in [0.4, 0.5) is 0 Å². The van der Waals surface area contributed by atoms with Crippen LogP contribution in [-0.4, -0.2) is 36.9 Å². The van der Waals surface area contributed by atoms with Crippen LogP contribution in [0.1, 0.15) is 12.8 Å². The number of nitrogens with zero attached hydrogens (tertiary/aromatic N) is 1. The minimum Gasteiger partial charge on any atom is -0.329 e. The molecule has 1 heterocycles. The zero-order valence-corrected chi connectivity index (χ0v) is 8.08. The number of hydrogen-bond donors (Lipinski definition) is 2. The summed E-state index contributed by atoms with van der Waals surface area (Å²) in [5.74, 6) is 0. The lowest BCUT2D eigenvalue weighted by Crippen LogP contribution is -2.43. The van der Waals surface area contributed by atoms with Crippen molar-refractivity contribution in [3.63, 3.8) is 0 Å². The van der Waals surface area contributed by atoms with E-state index in [0.717, 1.165) is 19.6 Å². The molecule has 2 unspecified atom stereocenters. The molecule has 66 valence electrons. The van der Waals surface area contributed by atoms with E-state index in [1.165, 1.54) is 19.4 Å². The Labute approximate surface area is 71.0 Å². The van der Waals surface area contributed by atoms with E-state index in [0.29, 0.717) is 6.04 Å². The minimum atomic E-state index is 0.657. The molecule has 0 saturated carbocycles. The minimum absolute atomic E-state index is 0.657. The van der Waals surface area contributed by atoms with Crippen molar-refractivity contribution >= 4 is 9.39 Å². The van der Waals surface area contributed by atoms with Gasteiger partial charge < -0.3 is 11.1 Å². The van der Waals surface area contributed by atoms with Gasteiger partial charge in [-0.1, -0.05) is 9.39 Å². The molecule has 1 rings (SSSR count). The third-order valence-electron chi connectivity index (χ3n) is 2.03. The molecule has 1 saturated heterocycles. The van der Waals surface area contributed by atoms with Crippen LogP contribution in [0.5, 0.6) is 0 Å². The Hall–Kier alpha value is 0.310. The fraction of sp³-hybridized carbons (Fsp3) is 1.00. The fourth-order valence-corrected chi connectivity index (χ4v) is 1.90. The van der Waals surface area contributed by atoms with E-state index in [-0.39, 0.29) is 0 Å². The molecule has 2 atom stereocenters. The van der Waals surface area contributed by atoms with Gasteiger partial charge in [0.15, 0.2) is 0 Å². The van der Waals surface area contributed by atoms with Gasteiger partial charge in [-0.25, -0.2) is 0 Å². The van der Waals surface area contributed by atoms with Crippen LogP contribution in [-0.2, 0) is 0 Å². The van der Waals surface area contributed by atoms with Gasteiger partial charge in [-0.05, 0) is 12.8 Å². The van der Waals surface area contributed by atoms with Crippen molar-refractivity contribution in [3.8, 4) is 0 Å². The molecule has 0 amide bonds. The molecule has 11 heavy (non-hydrogen) atoms. The van der Waals surface area contributed by atoms with E-state index >= 15 is 0 Å². The second kappa shape index (κ2) is 5.04. The second-order valence-corrected chi connectivity index (χ2v) is 3.81. The van der Waals surface area contributed by atoms with Crippen molar-refractivity contribution in [3.05, 3.63) is 0 Å². The summed E-state index contributed by atoms with van der Waals surface area (Å²) >= 11 is 0. The fourth-order valence-electron chi connectivity index (χ4n) is 1.46. The van der Waals surface area contributed by atoms with Crippen molar-refractivity contribution in [1.82, 2.24) is 9.99 Å². The molecule has 0 aromatic rings. The molecular weight excluding hydrogens is 157 g/mol. The lowest BCUT2D eigenvalue weighted by Gasteiger charge is -2.29. The lowest BCUT2D eigenvalue weighted by atomic mass is 10.1. The highest BCUT2D eigenvalue weighted by Gasteiger charge is 2.15. The van der Waals surface area contributed by atoms with Crippen LogP contribution < -0.4 is 11.1 Å². The van der Waals surface area contributed by atoms with Crippen molar-refractivity contribution < 1.29 is 0 Å². The van der Waals surface area contributed by atoms with Gasteiger partial charge in [0.1, 0.15) is 0 Å². The monoisotopic (exact) mass is 175 g/mol. The lowest BCUT2D eigenvalue weighted by molar-refractivity contribution is 0.304. The molecule has 0 spiro atoms. The molecule has 0 bridgehead atoms. The molecule has 4 heteroatoms. The Morgan fingerprint density at radius 1 is 1.64 bits per heavy atom. The summed E-state index contributed by atoms with van der Waals surface area (Å²) < 4.78 is 2.29. The van der Waals surface area contributed by atoms with Crippen LogP contribution in [0.2, 0.25) is 0 Å². The predicted molar refractivity (Wildman–Crippen MR) is 51.4 cm³/mol. The molecule has 1 aliphatic rings. The average molecular weight is 175 g/mol. The predicted octanol–water partition coefficient (Wildman–Crippen LogP) is -0.211. The standard InChI is InChI=1S/C7H18N3P/c8-3-4-9-7-2-1-5-10(11)6-7/h7,9H,1-6,8,11H2. The van der Waals surface area contributed by atoms with Gasteiger partial charge >= 0.3 is 0 Å². The first-order chi connectivity index (χ1) is 5.33. The smallest absolute Gasteiger partial charge is 0.0199 e. The first-order valence-corrected chi connectivity index (χ1v) is 4.77. The second-order valence-electron chi connectivity index (χ2n) is 3.08. The van der Waals surface area contributed by atoms with Gasteiger partial charge in [-0.2, -0.15) is 0 Å². The third kappa shape index (κ3) is 3.48. The summed E-state index contributed by atoms with van der Waals surface area (Å²) in [6.07, 6.45) is 2.59.